The normalized spacial score (nSPS) is 20.7. The Morgan fingerprint density at radius 3 is 2.48 bits per heavy atom. The van der Waals surface area contributed by atoms with Crippen LogP contribution >= 0.6 is 0 Å². The van der Waals surface area contributed by atoms with Crippen LogP contribution in [0.4, 0.5) is 5.69 Å². The largest absolute Gasteiger partial charge is 0.450 e. The van der Waals surface area contributed by atoms with Crippen LogP contribution in [0.2, 0.25) is 0 Å². The van der Waals surface area contributed by atoms with Gasteiger partial charge in [-0.15, -0.1) is 0 Å². The zero-order chi connectivity index (χ0) is 18.9. The van der Waals surface area contributed by atoms with E-state index in [1.54, 1.807) is 44.3 Å². The molecule has 3 heterocycles. The van der Waals surface area contributed by atoms with Crippen LogP contribution in [0.25, 0.3) is 11.0 Å². The van der Waals surface area contributed by atoms with Crippen LogP contribution in [0.5, 0.6) is 0 Å². The van der Waals surface area contributed by atoms with Gasteiger partial charge in [-0.05, 0) is 25.1 Å². The number of hydrogen-bond donors (Lipinski definition) is 0. The Kier molecular flexibility index (Phi) is 2.97. The smallest absolute Gasteiger partial charge is 0.291 e. The number of fused-ring (bicyclic) bond motifs is 5. The third kappa shape index (κ3) is 1.63. The van der Waals surface area contributed by atoms with Crippen LogP contribution in [-0.2, 0) is 10.3 Å². The molecule has 1 atom stereocenters. The van der Waals surface area contributed by atoms with E-state index in [9.17, 15) is 14.4 Å². The molecule has 27 heavy (non-hydrogen) atoms. The van der Waals surface area contributed by atoms with Gasteiger partial charge in [0, 0.05) is 24.8 Å². The van der Waals surface area contributed by atoms with Crippen molar-refractivity contribution in [3.05, 3.63) is 75.6 Å². The fraction of sp³-hybridized carbons (Fsp3) is 0.190. The lowest BCUT2D eigenvalue weighted by atomic mass is 9.84. The van der Waals surface area contributed by atoms with Crippen LogP contribution < -0.4 is 10.3 Å². The zero-order valence-electron chi connectivity index (χ0n) is 14.9. The van der Waals surface area contributed by atoms with Gasteiger partial charge in [0.1, 0.15) is 5.58 Å². The number of likely N-dealkylation sites (N-methyl/N-ethyl adjacent to an activating group) is 2. The lowest BCUT2D eigenvalue weighted by molar-refractivity contribution is -0.125. The number of carbonyl (C=O) groups is 2. The Balaban J connectivity index is 1.99. The fourth-order valence-electron chi connectivity index (χ4n) is 4.45. The second-order valence-corrected chi connectivity index (χ2v) is 6.77. The van der Waals surface area contributed by atoms with Gasteiger partial charge in [0.2, 0.25) is 5.76 Å². The van der Waals surface area contributed by atoms with Crippen LogP contribution in [0, 0.1) is 0 Å². The maximum absolute atomic E-state index is 13.5. The first kappa shape index (κ1) is 15.8. The first-order valence-electron chi connectivity index (χ1n) is 8.79. The highest BCUT2D eigenvalue weighted by Crippen LogP contribution is 2.51. The summed E-state index contributed by atoms with van der Waals surface area (Å²) in [6, 6.07) is 14.1. The minimum absolute atomic E-state index is 0.0426. The molecule has 134 valence electrons. The maximum atomic E-state index is 13.5. The van der Waals surface area contributed by atoms with Crippen molar-refractivity contribution in [1.29, 1.82) is 0 Å². The van der Waals surface area contributed by atoms with Crippen molar-refractivity contribution in [1.82, 2.24) is 4.90 Å². The van der Waals surface area contributed by atoms with E-state index in [2.05, 4.69) is 0 Å². The fourth-order valence-corrected chi connectivity index (χ4v) is 4.45. The number of hydrogen-bond acceptors (Lipinski definition) is 4. The predicted molar refractivity (Wildman–Crippen MR) is 99.8 cm³/mol. The number of carbonyl (C=O) groups excluding carboxylic acids is 2. The summed E-state index contributed by atoms with van der Waals surface area (Å²) in [5.41, 5.74) is -0.0284. The molecule has 2 aliphatic heterocycles. The molecular formula is C21H16N2O4. The third-order valence-corrected chi connectivity index (χ3v) is 5.59. The minimum Gasteiger partial charge on any atom is -0.450 e. The third-order valence-electron chi connectivity index (χ3n) is 5.59. The van der Waals surface area contributed by atoms with E-state index in [0.717, 1.165) is 0 Å². The lowest BCUT2D eigenvalue weighted by Gasteiger charge is -2.33. The number of amides is 2. The molecule has 5 rings (SSSR count). The van der Waals surface area contributed by atoms with Gasteiger partial charge in [0.05, 0.1) is 10.9 Å². The van der Waals surface area contributed by atoms with E-state index < -0.39 is 11.4 Å². The molecule has 0 radical (unpaired) electrons. The number of para-hydroxylation sites is 2. The van der Waals surface area contributed by atoms with Crippen LogP contribution in [0.3, 0.4) is 0 Å². The molecule has 2 aliphatic rings. The topological polar surface area (TPSA) is 70.8 Å². The van der Waals surface area contributed by atoms with Gasteiger partial charge in [-0.1, -0.05) is 30.3 Å². The van der Waals surface area contributed by atoms with Gasteiger partial charge in [0.15, 0.2) is 11.0 Å². The number of benzene rings is 2. The molecule has 1 spiro atoms. The molecule has 0 aliphatic carbocycles. The van der Waals surface area contributed by atoms with Crippen molar-refractivity contribution in [3.8, 4) is 0 Å². The first-order chi connectivity index (χ1) is 13.0. The highest BCUT2D eigenvalue weighted by molar-refractivity contribution is 6.16. The quantitative estimate of drug-likeness (QED) is 0.668. The molecular weight excluding hydrogens is 344 g/mol. The van der Waals surface area contributed by atoms with Gasteiger partial charge in [0.25, 0.3) is 11.8 Å². The molecule has 1 aromatic heterocycles. The molecule has 2 amide bonds. The van der Waals surface area contributed by atoms with Crippen LogP contribution in [-0.4, -0.2) is 30.3 Å². The average Bonchev–Trinajstić information content (AvgIpc) is 3.07. The Labute approximate surface area is 154 Å². The second-order valence-electron chi connectivity index (χ2n) is 6.77. The van der Waals surface area contributed by atoms with Crippen molar-refractivity contribution in [2.45, 2.75) is 12.5 Å². The second kappa shape index (κ2) is 5.07. The zero-order valence-corrected chi connectivity index (χ0v) is 14.9. The molecule has 0 bridgehead atoms. The summed E-state index contributed by atoms with van der Waals surface area (Å²) >= 11 is 0. The Bertz CT molecular complexity index is 1210. The Hall–Kier alpha value is -3.41. The molecule has 6 nitrogen and oxygen atoms in total. The van der Waals surface area contributed by atoms with Crippen molar-refractivity contribution >= 4 is 28.5 Å². The molecule has 2 aromatic carbocycles. The van der Waals surface area contributed by atoms with E-state index in [-0.39, 0.29) is 29.2 Å². The monoisotopic (exact) mass is 360 g/mol. The highest BCUT2D eigenvalue weighted by atomic mass is 16.3. The molecule has 0 unspecified atom stereocenters. The van der Waals surface area contributed by atoms with E-state index in [4.69, 9.17) is 4.42 Å². The molecule has 0 N–H and O–H groups in total. The van der Waals surface area contributed by atoms with Crippen molar-refractivity contribution in [2.75, 3.05) is 18.5 Å². The average molecular weight is 360 g/mol. The maximum Gasteiger partial charge on any atom is 0.291 e. The van der Waals surface area contributed by atoms with Gasteiger partial charge in [-0.25, -0.2) is 0 Å². The molecule has 3 aromatic rings. The molecule has 6 heteroatoms. The molecule has 0 saturated heterocycles. The summed E-state index contributed by atoms with van der Waals surface area (Å²) in [4.78, 5) is 43.1. The first-order valence-corrected chi connectivity index (χ1v) is 8.79. The summed E-state index contributed by atoms with van der Waals surface area (Å²) in [5.74, 6) is -0.798. The van der Waals surface area contributed by atoms with E-state index in [1.807, 2.05) is 18.2 Å². The number of nitrogens with zero attached hydrogens (tertiary/aromatic N) is 2. The number of anilines is 1. The van der Waals surface area contributed by atoms with Gasteiger partial charge in [-0.3, -0.25) is 14.4 Å². The van der Waals surface area contributed by atoms with Crippen molar-refractivity contribution in [3.63, 3.8) is 0 Å². The van der Waals surface area contributed by atoms with E-state index >= 15 is 0 Å². The summed E-state index contributed by atoms with van der Waals surface area (Å²) in [6.07, 6.45) is 0. The van der Waals surface area contributed by atoms with Crippen LogP contribution in [0.1, 0.15) is 28.6 Å². The van der Waals surface area contributed by atoms with Crippen molar-refractivity contribution < 1.29 is 14.0 Å². The Morgan fingerprint density at radius 2 is 1.70 bits per heavy atom. The molecule has 0 fully saturated rings. The molecule has 0 saturated carbocycles. The van der Waals surface area contributed by atoms with Gasteiger partial charge < -0.3 is 14.2 Å². The standard InChI is InChI=1S/C21H16N2O4/c1-3-23-19(25)18-16(17(24)12-8-4-7-11-15(12)27-18)21(23)13-9-5-6-10-14(13)22(2)20(21)26/h4-11H,3H2,1-2H3/t21-/m1/s1. The van der Waals surface area contributed by atoms with Gasteiger partial charge >= 0.3 is 0 Å². The lowest BCUT2D eigenvalue weighted by Crippen LogP contribution is -2.52. The summed E-state index contributed by atoms with van der Waals surface area (Å²) < 4.78 is 5.85. The van der Waals surface area contributed by atoms with Crippen LogP contribution in [0.15, 0.2) is 57.7 Å². The minimum atomic E-state index is -1.48. The number of rotatable bonds is 1. The van der Waals surface area contributed by atoms with Crippen molar-refractivity contribution in [2.24, 2.45) is 0 Å². The summed E-state index contributed by atoms with van der Waals surface area (Å²) in [6.45, 7) is 2.07. The van der Waals surface area contributed by atoms with E-state index in [1.165, 1.54) is 9.80 Å². The predicted octanol–water partition coefficient (Wildman–Crippen LogP) is 2.49. The SMILES string of the molecule is CCN1C(=O)c2oc3ccccc3c(=O)c2[C@]12C(=O)N(C)c1ccccc12. The summed E-state index contributed by atoms with van der Waals surface area (Å²) in [5, 5.41) is 0.362. The van der Waals surface area contributed by atoms with Gasteiger partial charge in [-0.2, -0.15) is 0 Å². The Morgan fingerprint density at radius 1 is 1.00 bits per heavy atom. The highest BCUT2D eigenvalue weighted by Gasteiger charge is 2.63. The summed E-state index contributed by atoms with van der Waals surface area (Å²) in [7, 11) is 1.66. The van der Waals surface area contributed by atoms with E-state index in [0.29, 0.717) is 22.2 Å².